The molecular formula is C14H23N3S. The van der Waals surface area contributed by atoms with Crippen LogP contribution in [0.25, 0.3) is 0 Å². The number of rotatable bonds is 5. The summed E-state index contributed by atoms with van der Waals surface area (Å²) in [4.78, 5) is 3.86. The third-order valence-electron chi connectivity index (χ3n) is 3.47. The molecule has 1 aromatic rings. The van der Waals surface area contributed by atoms with Crippen LogP contribution in [0.5, 0.6) is 0 Å². The molecule has 1 heterocycles. The first-order valence-electron chi connectivity index (χ1n) is 6.62. The molecule has 1 aromatic carbocycles. The van der Waals surface area contributed by atoms with Gasteiger partial charge >= 0.3 is 0 Å². The summed E-state index contributed by atoms with van der Waals surface area (Å²) in [5, 5.41) is 6.91. The minimum atomic E-state index is 0.590. The quantitative estimate of drug-likeness (QED) is 0.798. The predicted molar refractivity (Wildman–Crippen MR) is 80.6 cm³/mol. The van der Waals surface area contributed by atoms with Gasteiger partial charge in [-0.1, -0.05) is 0 Å². The first-order valence-corrected chi connectivity index (χ1v) is 7.85. The smallest absolute Gasteiger partial charge is 0.0341 e. The Morgan fingerprint density at radius 3 is 2.56 bits per heavy atom. The van der Waals surface area contributed by atoms with E-state index in [0.29, 0.717) is 6.04 Å². The molecular weight excluding hydrogens is 242 g/mol. The molecule has 18 heavy (non-hydrogen) atoms. The highest BCUT2D eigenvalue weighted by atomic mass is 32.2. The van der Waals surface area contributed by atoms with Gasteiger partial charge in [0.05, 0.1) is 0 Å². The molecule has 0 bridgehead atoms. The van der Waals surface area contributed by atoms with Gasteiger partial charge in [0, 0.05) is 49.3 Å². The van der Waals surface area contributed by atoms with Gasteiger partial charge in [-0.3, -0.25) is 4.90 Å². The number of anilines is 1. The SMILES string of the molecule is CSc1ccc(NCC(C)N2CCNCC2)cc1. The van der Waals surface area contributed by atoms with Crippen molar-refractivity contribution in [3.05, 3.63) is 24.3 Å². The Balaban J connectivity index is 1.78. The Bertz CT molecular complexity index is 347. The molecule has 1 atom stereocenters. The number of nitrogens with one attached hydrogen (secondary N) is 2. The number of benzene rings is 1. The lowest BCUT2D eigenvalue weighted by molar-refractivity contribution is 0.191. The maximum Gasteiger partial charge on any atom is 0.0341 e. The van der Waals surface area contributed by atoms with Crippen LogP contribution in [0.3, 0.4) is 0 Å². The van der Waals surface area contributed by atoms with Crippen molar-refractivity contribution in [2.45, 2.75) is 17.9 Å². The number of hydrogen-bond donors (Lipinski definition) is 2. The molecule has 4 heteroatoms. The molecule has 0 aromatic heterocycles. The Morgan fingerprint density at radius 2 is 1.94 bits per heavy atom. The normalized spacial score (nSPS) is 18.6. The van der Waals surface area contributed by atoms with Gasteiger partial charge in [0.2, 0.25) is 0 Å². The van der Waals surface area contributed by atoms with Crippen LogP contribution in [0.1, 0.15) is 6.92 Å². The lowest BCUT2D eigenvalue weighted by Gasteiger charge is -2.33. The van der Waals surface area contributed by atoms with E-state index in [0.717, 1.165) is 32.7 Å². The fourth-order valence-corrected chi connectivity index (χ4v) is 2.63. The van der Waals surface area contributed by atoms with E-state index >= 15 is 0 Å². The van der Waals surface area contributed by atoms with Gasteiger partial charge in [-0.25, -0.2) is 0 Å². The van der Waals surface area contributed by atoms with Crippen molar-refractivity contribution in [3.8, 4) is 0 Å². The van der Waals surface area contributed by atoms with E-state index in [1.165, 1.54) is 10.6 Å². The molecule has 0 aliphatic carbocycles. The fraction of sp³-hybridized carbons (Fsp3) is 0.571. The first kappa shape index (κ1) is 13.7. The van der Waals surface area contributed by atoms with Crippen molar-refractivity contribution in [1.29, 1.82) is 0 Å². The molecule has 0 saturated carbocycles. The molecule has 1 saturated heterocycles. The Kier molecular flexibility index (Phi) is 5.35. The average Bonchev–Trinajstić information content (AvgIpc) is 2.46. The molecule has 1 unspecified atom stereocenters. The largest absolute Gasteiger partial charge is 0.383 e. The Hall–Kier alpha value is -0.710. The van der Waals surface area contributed by atoms with Crippen LogP contribution < -0.4 is 10.6 Å². The lowest BCUT2D eigenvalue weighted by atomic mass is 10.2. The molecule has 1 aliphatic rings. The monoisotopic (exact) mass is 265 g/mol. The van der Waals surface area contributed by atoms with Crippen LogP contribution in [0.4, 0.5) is 5.69 Å². The minimum absolute atomic E-state index is 0.590. The topological polar surface area (TPSA) is 27.3 Å². The second-order valence-corrected chi connectivity index (χ2v) is 5.62. The maximum atomic E-state index is 3.52. The van der Waals surface area contributed by atoms with Gasteiger partial charge in [0.25, 0.3) is 0 Å². The van der Waals surface area contributed by atoms with E-state index in [1.54, 1.807) is 11.8 Å². The molecule has 0 radical (unpaired) electrons. The summed E-state index contributed by atoms with van der Waals surface area (Å²) in [6.45, 7) is 7.87. The zero-order valence-corrected chi connectivity index (χ0v) is 12.1. The standard InChI is InChI=1S/C14H23N3S/c1-12(17-9-7-15-8-10-17)11-16-13-3-5-14(18-2)6-4-13/h3-6,12,15-16H,7-11H2,1-2H3. The lowest BCUT2D eigenvalue weighted by Crippen LogP contribution is -2.49. The molecule has 3 nitrogen and oxygen atoms in total. The summed E-state index contributed by atoms with van der Waals surface area (Å²) in [6.07, 6.45) is 2.11. The van der Waals surface area contributed by atoms with Crippen LogP contribution in [0.15, 0.2) is 29.2 Å². The third-order valence-corrected chi connectivity index (χ3v) is 4.21. The predicted octanol–water partition coefficient (Wildman–Crippen LogP) is 2.11. The van der Waals surface area contributed by atoms with Crippen LogP contribution in [0, 0.1) is 0 Å². The molecule has 2 N–H and O–H groups in total. The van der Waals surface area contributed by atoms with E-state index in [9.17, 15) is 0 Å². The number of nitrogens with zero attached hydrogens (tertiary/aromatic N) is 1. The first-order chi connectivity index (χ1) is 8.79. The maximum absolute atomic E-state index is 3.52. The van der Waals surface area contributed by atoms with Crippen molar-refractivity contribution in [1.82, 2.24) is 10.2 Å². The van der Waals surface area contributed by atoms with Crippen molar-refractivity contribution >= 4 is 17.4 Å². The van der Waals surface area contributed by atoms with E-state index in [2.05, 4.69) is 53.0 Å². The van der Waals surface area contributed by atoms with E-state index < -0.39 is 0 Å². The third kappa shape index (κ3) is 3.90. The van der Waals surface area contributed by atoms with E-state index in [-0.39, 0.29) is 0 Å². The minimum Gasteiger partial charge on any atom is -0.383 e. The van der Waals surface area contributed by atoms with Crippen LogP contribution in [0.2, 0.25) is 0 Å². The van der Waals surface area contributed by atoms with Gasteiger partial charge in [-0.15, -0.1) is 11.8 Å². The number of thioether (sulfide) groups is 1. The van der Waals surface area contributed by atoms with Gasteiger partial charge < -0.3 is 10.6 Å². The Labute approximate surface area is 114 Å². The molecule has 100 valence electrons. The van der Waals surface area contributed by atoms with Crippen molar-refractivity contribution in [2.75, 3.05) is 44.3 Å². The van der Waals surface area contributed by atoms with Crippen molar-refractivity contribution in [2.24, 2.45) is 0 Å². The van der Waals surface area contributed by atoms with Gasteiger partial charge in [0.1, 0.15) is 0 Å². The second kappa shape index (κ2) is 7.02. The summed E-state index contributed by atoms with van der Waals surface area (Å²) in [7, 11) is 0. The van der Waals surface area contributed by atoms with Gasteiger partial charge in [-0.05, 0) is 37.4 Å². The van der Waals surface area contributed by atoms with E-state index in [4.69, 9.17) is 0 Å². The molecule has 2 rings (SSSR count). The molecule has 0 spiro atoms. The van der Waals surface area contributed by atoms with Crippen LogP contribution >= 0.6 is 11.8 Å². The van der Waals surface area contributed by atoms with Crippen LogP contribution in [-0.4, -0.2) is 49.9 Å². The highest BCUT2D eigenvalue weighted by Gasteiger charge is 2.15. The van der Waals surface area contributed by atoms with Gasteiger partial charge in [0.15, 0.2) is 0 Å². The zero-order valence-electron chi connectivity index (χ0n) is 11.3. The fourth-order valence-electron chi connectivity index (χ4n) is 2.23. The van der Waals surface area contributed by atoms with E-state index in [1.807, 2.05) is 0 Å². The molecule has 1 aliphatic heterocycles. The summed E-state index contributed by atoms with van der Waals surface area (Å²) in [6, 6.07) is 9.25. The molecule has 1 fully saturated rings. The van der Waals surface area contributed by atoms with Crippen molar-refractivity contribution < 1.29 is 0 Å². The number of hydrogen-bond acceptors (Lipinski definition) is 4. The summed E-state index contributed by atoms with van der Waals surface area (Å²) >= 11 is 1.78. The Morgan fingerprint density at radius 1 is 1.28 bits per heavy atom. The highest BCUT2D eigenvalue weighted by Crippen LogP contribution is 2.17. The van der Waals surface area contributed by atoms with Gasteiger partial charge in [-0.2, -0.15) is 0 Å². The average molecular weight is 265 g/mol. The molecule has 0 amide bonds. The van der Waals surface area contributed by atoms with Crippen LogP contribution in [-0.2, 0) is 0 Å². The summed E-state index contributed by atoms with van der Waals surface area (Å²) in [5.41, 5.74) is 1.22. The zero-order chi connectivity index (χ0) is 12.8. The summed E-state index contributed by atoms with van der Waals surface area (Å²) < 4.78 is 0. The highest BCUT2D eigenvalue weighted by molar-refractivity contribution is 7.98. The summed E-state index contributed by atoms with van der Waals surface area (Å²) in [5.74, 6) is 0. The second-order valence-electron chi connectivity index (χ2n) is 4.74. The number of piperazine rings is 1. The van der Waals surface area contributed by atoms with Crippen molar-refractivity contribution in [3.63, 3.8) is 0 Å².